The van der Waals surface area contributed by atoms with Crippen molar-refractivity contribution in [2.45, 2.75) is 31.7 Å². The van der Waals surface area contributed by atoms with E-state index >= 15 is 0 Å². The summed E-state index contributed by atoms with van der Waals surface area (Å²) >= 11 is 0. The molecule has 0 radical (unpaired) electrons. The van der Waals surface area contributed by atoms with Gasteiger partial charge in [-0.1, -0.05) is 6.42 Å². The number of hydrogen-bond donors (Lipinski definition) is 1. The molecule has 13 heavy (non-hydrogen) atoms. The van der Waals surface area contributed by atoms with Crippen LogP contribution >= 0.6 is 0 Å². The van der Waals surface area contributed by atoms with E-state index < -0.39 is 9.84 Å². The zero-order valence-corrected chi connectivity index (χ0v) is 8.65. The van der Waals surface area contributed by atoms with Gasteiger partial charge in [0.25, 0.3) is 0 Å². The minimum absolute atomic E-state index is 0.430. The molecule has 0 spiro atoms. The zero-order valence-electron chi connectivity index (χ0n) is 7.83. The van der Waals surface area contributed by atoms with E-state index in [0.717, 1.165) is 19.0 Å². The highest BCUT2D eigenvalue weighted by molar-refractivity contribution is 7.92. The summed E-state index contributed by atoms with van der Waals surface area (Å²) < 4.78 is 21.7. The molecular weight excluding hydrogens is 186 g/mol. The molecule has 0 aromatic carbocycles. The van der Waals surface area contributed by atoms with Crippen molar-refractivity contribution in [3.05, 3.63) is 0 Å². The van der Waals surface area contributed by atoms with Crippen molar-refractivity contribution in [1.29, 1.82) is 0 Å². The molecule has 0 bridgehead atoms. The average Bonchev–Trinajstić information content (AvgIpc) is 1.90. The lowest BCUT2D eigenvalue weighted by Gasteiger charge is -2.29. The molecule has 1 saturated carbocycles. The highest BCUT2D eigenvalue weighted by Gasteiger charge is 2.32. The highest BCUT2D eigenvalue weighted by atomic mass is 32.2. The Hall–Kier alpha value is -0.0900. The summed E-state index contributed by atoms with van der Waals surface area (Å²) in [4.78, 5) is 0. The van der Waals surface area contributed by atoms with Gasteiger partial charge in [-0.05, 0) is 31.7 Å². The second kappa shape index (κ2) is 3.58. The van der Waals surface area contributed by atoms with Crippen LogP contribution in [-0.4, -0.2) is 32.5 Å². The van der Waals surface area contributed by atoms with Gasteiger partial charge in [0.1, 0.15) is 0 Å². The number of nitrogens with one attached hydrogen (secondary N) is 1. The topological polar surface area (TPSA) is 46.2 Å². The predicted molar refractivity (Wildman–Crippen MR) is 52.4 cm³/mol. The summed E-state index contributed by atoms with van der Waals surface area (Å²) in [6.45, 7) is 1.00. The van der Waals surface area contributed by atoms with Crippen molar-refractivity contribution < 1.29 is 8.42 Å². The first kappa shape index (κ1) is 9.46. The summed E-state index contributed by atoms with van der Waals surface area (Å²) in [5.41, 5.74) is 0. The van der Waals surface area contributed by atoms with E-state index in [9.17, 15) is 8.42 Å². The standard InChI is InChI=1S/C9H17NO2S/c11-13(12)6-8(7-13)4-5-10-9-2-1-3-9/h8-10H,1-7H2. The molecule has 0 atom stereocenters. The van der Waals surface area contributed by atoms with Gasteiger partial charge in [0.15, 0.2) is 9.84 Å². The normalized spacial score (nSPS) is 28.0. The maximum atomic E-state index is 10.8. The number of hydrogen-bond acceptors (Lipinski definition) is 3. The second-order valence-corrected chi connectivity index (χ2v) is 6.47. The van der Waals surface area contributed by atoms with Gasteiger partial charge in [-0.15, -0.1) is 0 Å². The average molecular weight is 203 g/mol. The first-order valence-corrected chi connectivity index (χ1v) is 6.92. The molecule has 0 unspecified atom stereocenters. The van der Waals surface area contributed by atoms with E-state index in [4.69, 9.17) is 0 Å². The van der Waals surface area contributed by atoms with Gasteiger partial charge >= 0.3 is 0 Å². The fraction of sp³-hybridized carbons (Fsp3) is 1.00. The van der Waals surface area contributed by atoms with Crippen LogP contribution in [0.3, 0.4) is 0 Å². The molecule has 0 aromatic heterocycles. The lowest BCUT2D eigenvalue weighted by Crippen LogP contribution is -2.41. The van der Waals surface area contributed by atoms with E-state index in [2.05, 4.69) is 5.32 Å². The van der Waals surface area contributed by atoms with Gasteiger partial charge in [-0.25, -0.2) is 8.42 Å². The van der Waals surface area contributed by atoms with E-state index in [0.29, 0.717) is 17.4 Å². The van der Waals surface area contributed by atoms with E-state index in [-0.39, 0.29) is 0 Å². The van der Waals surface area contributed by atoms with Gasteiger partial charge in [0, 0.05) is 6.04 Å². The SMILES string of the molecule is O=S1(=O)CC(CCNC2CCC2)C1. The van der Waals surface area contributed by atoms with Crippen LogP contribution in [-0.2, 0) is 9.84 Å². The molecule has 2 rings (SSSR count). The minimum Gasteiger partial charge on any atom is -0.314 e. The third kappa shape index (κ3) is 2.44. The number of sulfone groups is 1. The van der Waals surface area contributed by atoms with Crippen LogP contribution in [0.5, 0.6) is 0 Å². The Labute approximate surface area is 79.8 Å². The Balaban J connectivity index is 1.54. The predicted octanol–water partition coefficient (Wildman–Crippen LogP) is 0.563. The molecule has 1 aliphatic carbocycles. The molecule has 1 aliphatic heterocycles. The minimum atomic E-state index is -2.60. The van der Waals surface area contributed by atoms with Gasteiger partial charge in [-0.2, -0.15) is 0 Å². The van der Waals surface area contributed by atoms with E-state index in [1.54, 1.807) is 0 Å². The zero-order chi connectivity index (χ0) is 9.31. The first-order chi connectivity index (χ1) is 6.16. The van der Waals surface area contributed by atoms with Crippen molar-refractivity contribution in [3.63, 3.8) is 0 Å². The molecule has 1 N–H and O–H groups in total. The van der Waals surface area contributed by atoms with Crippen molar-refractivity contribution in [2.24, 2.45) is 5.92 Å². The molecule has 0 aromatic rings. The quantitative estimate of drug-likeness (QED) is 0.726. The van der Waals surface area contributed by atoms with Crippen LogP contribution in [0.2, 0.25) is 0 Å². The summed E-state index contributed by atoms with van der Waals surface area (Å²) in [5.74, 6) is 1.30. The van der Waals surface area contributed by atoms with Crippen LogP contribution in [0.4, 0.5) is 0 Å². The van der Waals surface area contributed by atoms with Crippen LogP contribution in [0.25, 0.3) is 0 Å². The third-order valence-electron chi connectivity index (χ3n) is 3.07. The molecule has 1 heterocycles. The van der Waals surface area contributed by atoms with Gasteiger partial charge in [0.2, 0.25) is 0 Å². The fourth-order valence-corrected chi connectivity index (χ4v) is 3.61. The summed E-state index contributed by atoms with van der Waals surface area (Å²) in [6, 6.07) is 0.733. The van der Waals surface area contributed by atoms with Crippen LogP contribution in [0.1, 0.15) is 25.7 Å². The van der Waals surface area contributed by atoms with Crippen LogP contribution in [0, 0.1) is 5.92 Å². The smallest absolute Gasteiger partial charge is 0.150 e. The van der Waals surface area contributed by atoms with Crippen molar-refractivity contribution in [2.75, 3.05) is 18.1 Å². The van der Waals surface area contributed by atoms with Crippen LogP contribution in [0.15, 0.2) is 0 Å². The monoisotopic (exact) mass is 203 g/mol. The Morgan fingerprint density at radius 3 is 2.38 bits per heavy atom. The Morgan fingerprint density at radius 2 is 1.92 bits per heavy atom. The lowest BCUT2D eigenvalue weighted by atomic mass is 9.93. The summed E-state index contributed by atoms with van der Waals surface area (Å²) in [6.07, 6.45) is 5.01. The van der Waals surface area contributed by atoms with Gasteiger partial charge in [0.05, 0.1) is 11.5 Å². The van der Waals surface area contributed by atoms with Crippen LogP contribution < -0.4 is 5.32 Å². The van der Waals surface area contributed by atoms with E-state index in [1.165, 1.54) is 19.3 Å². The molecule has 3 nitrogen and oxygen atoms in total. The highest BCUT2D eigenvalue weighted by Crippen LogP contribution is 2.22. The largest absolute Gasteiger partial charge is 0.314 e. The second-order valence-electron chi connectivity index (χ2n) is 4.31. The van der Waals surface area contributed by atoms with Gasteiger partial charge < -0.3 is 5.32 Å². The first-order valence-electron chi connectivity index (χ1n) is 5.09. The Kier molecular flexibility index (Phi) is 2.60. The summed E-state index contributed by atoms with van der Waals surface area (Å²) in [7, 11) is -2.60. The lowest BCUT2D eigenvalue weighted by molar-refractivity contribution is 0.329. The molecule has 0 amide bonds. The molecule has 2 aliphatic rings. The third-order valence-corrected chi connectivity index (χ3v) is 5.03. The molecule has 2 fully saturated rings. The fourth-order valence-electron chi connectivity index (χ4n) is 1.94. The molecule has 1 saturated heterocycles. The van der Waals surface area contributed by atoms with Gasteiger partial charge in [-0.3, -0.25) is 0 Å². The Morgan fingerprint density at radius 1 is 1.23 bits per heavy atom. The maximum Gasteiger partial charge on any atom is 0.150 e. The maximum absolute atomic E-state index is 10.8. The van der Waals surface area contributed by atoms with Crippen molar-refractivity contribution >= 4 is 9.84 Å². The van der Waals surface area contributed by atoms with E-state index in [1.807, 2.05) is 0 Å². The number of rotatable bonds is 4. The molecular formula is C9H17NO2S. The van der Waals surface area contributed by atoms with Crippen molar-refractivity contribution in [1.82, 2.24) is 5.32 Å². The molecule has 76 valence electrons. The van der Waals surface area contributed by atoms with Crippen molar-refractivity contribution in [3.8, 4) is 0 Å². The Bertz CT molecular complexity index is 257. The summed E-state index contributed by atoms with van der Waals surface area (Å²) in [5, 5.41) is 3.45. The molecule has 4 heteroatoms.